The number of carbonyl (C=O) groups is 1. The molecule has 1 aromatic rings. The number of halogens is 2. The minimum absolute atomic E-state index is 0.0357. The van der Waals surface area contributed by atoms with Gasteiger partial charge in [-0.25, -0.2) is 0 Å². The van der Waals surface area contributed by atoms with E-state index in [1.54, 1.807) is 4.90 Å². The summed E-state index contributed by atoms with van der Waals surface area (Å²) in [7, 11) is 1.53. The van der Waals surface area contributed by atoms with Crippen LogP contribution in [0.1, 0.15) is 19.3 Å². The summed E-state index contributed by atoms with van der Waals surface area (Å²) in [5.41, 5.74) is 0.770. The molecule has 0 heterocycles. The van der Waals surface area contributed by atoms with Gasteiger partial charge in [-0.15, -0.1) is 0 Å². The van der Waals surface area contributed by atoms with Crippen molar-refractivity contribution in [2.24, 2.45) is 0 Å². The molecule has 0 spiro atoms. The fraction of sp³-hybridized carbons (Fsp3) is 0.462. The highest BCUT2D eigenvalue weighted by molar-refractivity contribution is 9.10. The van der Waals surface area contributed by atoms with E-state index in [1.165, 1.54) is 7.11 Å². The van der Waals surface area contributed by atoms with E-state index in [0.717, 1.165) is 29.4 Å². The molecule has 0 bridgehead atoms. The quantitative estimate of drug-likeness (QED) is 0.842. The van der Waals surface area contributed by atoms with Crippen LogP contribution in [0.15, 0.2) is 22.7 Å². The number of rotatable bonds is 4. The van der Waals surface area contributed by atoms with E-state index < -0.39 is 0 Å². The van der Waals surface area contributed by atoms with Gasteiger partial charge in [0.15, 0.2) is 0 Å². The summed E-state index contributed by atoms with van der Waals surface area (Å²) in [4.78, 5) is 13.9. The number of hydrogen-bond donors (Lipinski definition) is 0. The van der Waals surface area contributed by atoms with Crippen LogP contribution < -0.4 is 4.90 Å². The smallest absolute Gasteiger partial charge is 0.253 e. The summed E-state index contributed by atoms with van der Waals surface area (Å²) in [5, 5.41) is 0.584. The Balaban J connectivity index is 2.29. The molecule has 0 N–H and O–H groups in total. The van der Waals surface area contributed by atoms with Crippen LogP contribution in [0.5, 0.6) is 0 Å². The highest BCUT2D eigenvalue weighted by Gasteiger charge is 2.31. The van der Waals surface area contributed by atoms with Gasteiger partial charge in [0.05, 0.1) is 10.7 Å². The van der Waals surface area contributed by atoms with Crippen LogP contribution in [0, 0.1) is 0 Å². The van der Waals surface area contributed by atoms with Gasteiger partial charge >= 0.3 is 0 Å². The number of carbonyl (C=O) groups excluding carboxylic acids is 1. The lowest BCUT2D eigenvalue weighted by molar-refractivity contribution is -0.123. The third kappa shape index (κ3) is 2.87. The van der Waals surface area contributed by atoms with Gasteiger partial charge in [0, 0.05) is 17.6 Å². The number of ether oxygens (including phenoxy) is 1. The Labute approximate surface area is 120 Å². The molecule has 0 atom stereocenters. The van der Waals surface area contributed by atoms with Crippen molar-refractivity contribution in [3.63, 3.8) is 0 Å². The first-order chi connectivity index (χ1) is 8.63. The second-order valence-corrected chi connectivity index (χ2v) is 5.70. The fourth-order valence-electron chi connectivity index (χ4n) is 2.05. The molecule has 1 saturated carbocycles. The van der Waals surface area contributed by atoms with Gasteiger partial charge in [-0.05, 0) is 37.5 Å². The Bertz CT molecular complexity index is 449. The zero-order valence-corrected chi connectivity index (χ0v) is 12.5. The maximum Gasteiger partial charge on any atom is 0.253 e. The average Bonchev–Trinajstić information content (AvgIpc) is 2.24. The summed E-state index contributed by atoms with van der Waals surface area (Å²) in [5.74, 6) is -0.0357. The highest BCUT2D eigenvalue weighted by atomic mass is 79.9. The van der Waals surface area contributed by atoms with Gasteiger partial charge in [-0.3, -0.25) is 4.79 Å². The van der Waals surface area contributed by atoms with E-state index in [4.69, 9.17) is 16.3 Å². The number of hydrogen-bond acceptors (Lipinski definition) is 2. The summed E-state index contributed by atoms with van der Waals surface area (Å²) < 4.78 is 5.85. The first-order valence-electron chi connectivity index (χ1n) is 5.89. The van der Waals surface area contributed by atoms with Crippen LogP contribution in [0.3, 0.4) is 0 Å². The Morgan fingerprint density at radius 1 is 1.56 bits per heavy atom. The van der Waals surface area contributed by atoms with Crippen LogP contribution in [0.25, 0.3) is 0 Å². The second kappa shape index (κ2) is 6.04. The zero-order chi connectivity index (χ0) is 13.1. The molecule has 1 aliphatic carbocycles. The second-order valence-electron chi connectivity index (χ2n) is 4.38. The van der Waals surface area contributed by atoms with Crippen LogP contribution in [-0.2, 0) is 9.53 Å². The van der Waals surface area contributed by atoms with E-state index in [9.17, 15) is 4.79 Å². The van der Waals surface area contributed by atoms with Gasteiger partial charge in [0.2, 0.25) is 0 Å². The van der Waals surface area contributed by atoms with Crippen molar-refractivity contribution < 1.29 is 9.53 Å². The Morgan fingerprint density at radius 3 is 2.78 bits per heavy atom. The monoisotopic (exact) mass is 331 g/mol. The highest BCUT2D eigenvalue weighted by Crippen LogP contribution is 2.35. The molecule has 1 fully saturated rings. The van der Waals surface area contributed by atoms with Gasteiger partial charge < -0.3 is 9.64 Å². The molecule has 1 amide bonds. The Kier molecular flexibility index (Phi) is 4.65. The molecule has 3 nitrogen and oxygen atoms in total. The van der Waals surface area contributed by atoms with Crippen molar-refractivity contribution >= 4 is 39.1 Å². The van der Waals surface area contributed by atoms with Gasteiger partial charge in [-0.1, -0.05) is 27.5 Å². The van der Waals surface area contributed by atoms with Crippen LogP contribution in [0.4, 0.5) is 5.69 Å². The summed E-state index contributed by atoms with van der Waals surface area (Å²) in [6.07, 6.45) is 3.22. The predicted molar refractivity (Wildman–Crippen MR) is 76.2 cm³/mol. The van der Waals surface area contributed by atoms with E-state index >= 15 is 0 Å². The van der Waals surface area contributed by atoms with Crippen LogP contribution >= 0.6 is 27.5 Å². The van der Waals surface area contributed by atoms with E-state index in [1.807, 2.05) is 18.2 Å². The predicted octanol–water partition coefficient (Wildman–Crippen LogP) is 3.63. The lowest BCUT2D eigenvalue weighted by Crippen LogP contribution is -2.46. The third-order valence-corrected chi connectivity index (χ3v) is 3.94. The molecule has 18 heavy (non-hydrogen) atoms. The minimum Gasteiger partial charge on any atom is -0.375 e. The largest absolute Gasteiger partial charge is 0.375 e. The van der Waals surface area contributed by atoms with Crippen LogP contribution in [0.2, 0.25) is 5.02 Å². The van der Waals surface area contributed by atoms with Crippen molar-refractivity contribution in [3.8, 4) is 0 Å². The van der Waals surface area contributed by atoms with Gasteiger partial charge in [-0.2, -0.15) is 0 Å². The fourth-order valence-corrected chi connectivity index (χ4v) is 2.81. The van der Waals surface area contributed by atoms with Crippen molar-refractivity contribution in [1.82, 2.24) is 0 Å². The first-order valence-corrected chi connectivity index (χ1v) is 7.06. The molecule has 0 radical (unpaired) electrons. The third-order valence-electron chi connectivity index (χ3n) is 3.15. The molecular formula is C13H15BrClNO2. The van der Waals surface area contributed by atoms with E-state index in [2.05, 4.69) is 15.9 Å². The van der Waals surface area contributed by atoms with E-state index in [-0.39, 0.29) is 18.6 Å². The summed E-state index contributed by atoms with van der Waals surface area (Å²) in [6.45, 7) is 0.0862. The average molecular weight is 333 g/mol. The Morgan fingerprint density at radius 2 is 2.28 bits per heavy atom. The molecule has 0 saturated heterocycles. The molecule has 5 heteroatoms. The molecule has 0 unspecified atom stereocenters. The molecule has 1 aliphatic rings. The molecule has 1 aromatic carbocycles. The molecular weight excluding hydrogens is 318 g/mol. The topological polar surface area (TPSA) is 29.5 Å². The number of benzene rings is 1. The maximum absolute atomic E-state index is 12.1. The lowest BCUT2D eigenvalue weighted by atomic mass is 9.91. The molecule has 98 valence electrons. The van der Waals surface area contributed by atoms with Crippen molar-refractivity contribution in [2.45, 2.75) is 25.3 Å². The minimum atomic E-state index is -0.0357. The molecule has 0 aromatic heterocycles. The lowest BCUT2D eigenvalue weighted by Gasteiger charge is -2.38. The van der Waals surface area contributed by atoms with Crippen molar-refractivity contribution in [1.29, 1.82) is 0 Å². The number of nitrogens with zero attached hydrogens (tertiary/aromatic N) is 1. The maximum atomic E-state index is 12.1. The SMILES string of the molecule is COCC(=O)N(c1ccc(Br)cc1Cl)C1CCC1. The van der Waals surface area contributed by atoms with Crippen LogP contribution in [-0.4, -0.2) is 25.7 Å². The summed E-state index contributed by atoms with van der Waals surface area (Å²) in [6, 6.07) is 5.83. The van der Waals surface area contributed by atoms with Gasteiger partial charge in [0.25, 0.3) is 5.91 Å². The standard InChI is InChI=1S/C13H15BrClNO2/c1-18-8-13(17)16(10-3-2-4-10)12-6-5-9(14)7-11(12)15/h5-7,10H,2-4,8H2,1H3. The van der Waals surface area contributed by atoms with Crippen molar-refractivity contribution in [3.05, 3.63) is 27.7 Å². The van der Waals surface area contributed by atoms with Gasteiger partial charge in [0.1, 0.15) is 6.61 Å². The first kappa shape index (κ1) is 13.8. The number of amides is 1. The number of methoxy groups -OCH3 is 1. The number of anilines is 1. The van der Waals surface area contributed by atoms with Crippen molar-refractivity contribution in [2.75, 3.05) is 18.6 Å². The molecule has 0 aliphatic heterocycles. The Hall–Kier alpha value is -0.580. The van der Waals surface area contributed by atoms with E-state index in [0.29, 0.717) is 5.02 Å². The molecule has 2 rings (SSSR count). The summed E-state index contributed by atoms with van der Waals surface area (Å²) >= 11 is 9.60. The normalized spacial score (nSPS) is 15.3. The zero-order valence-electron chi connectivity index (χ0n) is 10.2.